The molecular weight excluding hydrogens is 429 g/mol. The van der Waals surface area contributed by atoms with Gasteiger partial charge in [-0.2, -0.15) is 13.2 Å². The van der Waals surface area contributed by atoms with Gasteiger partial charge in [-0.3, -0.25) is 4.79 Å². The number of urea groups is 1. The lowest BCUT2D eigenvalue weighted by atomic mass is 9.81. The average Bonchev–Trinajstić information content (AvgIpc) is 2.73. The molecule has 0 unspecified atom stereocenters. The number of carboxylic acids is 1. The number of carbonyl (C=O) groups is 3. The Bertz CT molecular complexity index is 915. The van der Waals surface area contributed by atoms with E-state index < -0.39 is 48.0 Å². The zero-order valence-electron chi connectivity index (χ0n) is 17.2. The lowest BCUT2D eigenvalue weighted by Crippen LogP contribution is -2.70. The number of nitrogens with zero attached hydrogens (tertiary/aromatic N) is 1. The van der Waals surface area contributed by atoms with Gasteiger partial charge < -0.3 is 21.6 Å². The molecule has 174 valence electrons. The molecule has 0 radical (unpaired) electrons. The number of nitrogens with one attached hydrogen (secondary N) is 2. The van der Waals surface area contributed by atoms with Crippen LogP contribution in [0.1, 0.15) is 43.2 Å². The highest BCUT2D eigenvalue weighted by Gasteiger charge is 2.56. The summed E-state index contributed by atoms with van der Waals surface area (Å²) >= 11 is 0. The third-order valence-electron chi connectivity index (χ3n) is 6.25. The molecule has 3 atom stereocenters. The number of hydrogen-bond donors (Lipinski definition) is 4. The van der Waals surface area contributed by atoms with E-state index in [4.69, 9.17) is 11.1 Å². The number of imide groups is 1. The molecule has 1 heterocycles. The summed E-state index contributed by atoms with van der Waals surface area (Å²) in [5.74, 6) is -4.34. The standard InChI is InChI=1S/C21H25F3N4O4/c22-21(23,24)17(11-5-2-1-3-6-11)27-20(32)28-16(19(30)31)13(18(28)29)9-12-7-4-8-15(26)14(12)10-25/h4,7-8,10-11,13,16-17,25H,1-3,5-6,9,26H2,(H,27,32)(H,30,31)/t13-,16+,17+/m1/s1. The first-order valence-corrected chi connectivity index (χ1v) is 10.4. The third kappa shape index (κ3) is 4.56. The number of likely N-dealkylation sites (tertiary alicyclic amines) is 1. The normalized spacial score (nSPS) is 22.7. The number of benzene rings is 1. The van der Waals surface area contributed by atoms with E-state index in [0.29, 0.717) is 41.7 Å². The lowest BCUT2D eigenvalue weighted by molar-refractivity contribution is -0.172. The summed E-state index contributed by atoms with van der Waals surface area (Å²) in [6.45, 7) is 0. The quantitative estimate of drug-likeness (QED) is 0.298. The van der Waals surface area contributed by atoms with Crippen molar-refractivity contribution in [2.24, 2.45) is 11.8 Å². The first kappa shape index (κ1) is 23.6. The Hall–Kier alpha value is -3.11. The number of alkyl halides is 3. The molecule has 1 saturated carbocycles. The minimum Gasteiger partial charge on any atom is -0.480 e. The average molecular weight is 454 g/mol. The van der Waals surface area contributed by atoms with Crippen molar-refractivity contribution in [3.63, 3.8) is 0 Å². The lowest BCUT2D eigenvalue weighted by Gasteiger charge is -2.44. The van der Waals surface area contributed by atoms with E-state index >= 15 is 0 Å². The van der Waals surface area contributed by atoms with Crippen LogP contribution in [0.5, 0.6) is 0 Å². The molecule has 32 heavy (non-hydrogen) atoms. The minimum atomic E-state index is -4.72. The minimum absolute atomic E-state index is 0.110. The fourth-order valence-corrected chi connectivity index (χ4v) is 4.62. The van der Waals surface area contributed by atoms with Crippen LogP contribution in [-0.2, 0) is 16.0 Å². The van der Waals surface area contributed by atoms with Gasteiger partial charge in [0.15, 0.2) is 6.04 Å². The van der Waals surface area contributed by atoms with Gasteiger partial charge in [-0.15, -0.1) is 0 Å². The number of carbonyl (C=O) groups excluding carboxylic acids is 2. The van der Waals surface area contributed by atoms with Gasteiger partial charge in [-0.25, -0.2) is 14.5 Å². The Kier molecular flexibility index (Phi) is 6.75. The summed E-state index contributed by atoms with van der Waals surface area (Å²) < 4.78 is 40.9. The van der Waals surface area contributed by atoms with Crippen molar-refractivity contribution < 1.29 is 32.7 Å². The first-order valence-electron chi connectivity index (χ1n) is 10.4. The van der Waals surface area contributed by atoms with Crippen molar-refractivity contribution in [1.29, 1.82) is 5.41 Å². The molecule has 1 aromatic rings. The van der Waals surface area contributed by atoms with E-state index in [9.17, 15) is 32.7 Å². The molecule has 11 heteroatoms. The Balaban J connectivity index is 1.78. The number of β-lactam (4-membered cyclic amide) rings is 1. The summed E-state index contributed by atoms with van der Waals surface area (Å²) in [7, 11) is 0. The van der Waals surface area contributed by atoms with Crippen molar-refractivity contribution in [2.75, 3.05) is 5.73 Å². The number of hydrogen-bond acceptors (Lipinski definition) is 5. The molecule has 3 rings (SSSR count). The van der Waals surface area contributed by atoms with Crippen molar-refractivity contribution in [3.05, 3.63) is 29.3 Å². The predicted octanol–water partition coefficient (Wildman–Crippen LogP) is 2.94. The highest BCUT2D eigenvalue weighted by molar-refractivity contribution is 6.07. The van der Waals surface area contributed by atoms with E-state index in [0.717, 1.165) is 12.6 Å². The molecule has 3 amide bonds. The number of rotatable bonds is 6. The fraction of sp³-hybridized carbons (Fsp3) is 0.524. The summed E-state index contributed by atoms with van der Waals surface area (Å²) in [6, 6.07) is -0.402. The van der Waals surface area contributed by atoms with Crippen LogP contribution >= 0.6 is 0 Å². The van der Waals surface area contributed by atoms with Crippen LogP contribution in [0.3, 0.4) is 0 Å². The number of carboxylic acid groups (broad SMARTS) is 1. The Morgan fingerprint density at radius 2 is 1.94 bits per heavy atom. The molecule has 1 aromatic carbocycles. The third-order valence-corrected chi connectivity index (χ3v) is 6.25. The number of amides is 3. The number of aliphatic carboxylic acids is 1. The van der Waals surface area contributed by atoms with Crippen molar-refractivity contribution >= 4 is 29.8 Å². The molecule has 1 aliphatic carbocycles. The van der Waals surface area contributed by atoms with E-state index in [1.807, 2.05) is 5.32 Å². The summed E-state index contributed by atoms with van der Waals surface area (Å²) in [6.07, 6.45) is -1.20. The monoisotopic (exact) mass is 454 g/mol. The molecule has 5 N–H and O–H groups in total. The molecule has 2 aliphatic rings. The van der Waals surface area contributed by atoms with Crippen LogP contribution in [-0.4, -0.2) is 52.4 Å². The molecule has 1 saturated heterocycles. The van der Waals surface area contributed by atoms with Gasteiger partial charge in [0.25, 0.3) is 0 Å². The van der Waals surface area contributed by atoms with E-state index in [1.165, 1.54) is 0 Å². The number of nitrogens with two attached hydrogens (primary N) is 1. The maximum Gasteiger partial charge on any atom is 0.408 e. The van der Waals surface area contributed by atoms with Crippen LogP contribution in [0.2, 0.25) is 0 Å². The molecule has 1 aliphatic heterocycles. The van der Waals surface area contributed by atoms with Crippen LogP contribution in [0.15, 0.2) is 18.2 Å². The molecule has 8 nitrogen and oxygen atoms in total. The summed E-state index contributed by atoms with van der Waals surface area (Å²) in [5, 5.41) is 18.9. The maximum absolute atomic E-state index is 13.6. The van der Waals surface area contributed by atoms with Crippen molar-refractivity contribution in [3.8, 4) is 0 Å². The molecule has 0 spiro atoms. The van der Waals surface area contributed by atoms with Gasteiger partial charge in [0.05, 0.1) is 5.92 Å². The largest absolute Gasteiger partial charge is 0.480 e. The van der Waals surface area contributed by atoms with Gasteiger partial charge in [0, 0.05) is 17.5 Å². The zero-order valence-corrected chi connectivity index (χ0v) is 17.2. The van der Waals surface area contributed by atoms with E-state index in [-0.39, 0.29) is 12.1 Å². The number of halogens is 3. The van der Waals surface area contributed by atoms with Gasteiger partial charge in [0.1, 0.15) is 6.04 Å². The van der Waals surface area contributed by atoms with Crippen LogP contribution in [0.4, 0.5) is 23.7 Å². The van der Waals surface area contributed by atoms with Crippen molar-refractivity contribution in [1.82, 2.24) is 10.2 Å². The Morgan fingerprint density at radius 1 is 1.28 bits per heavy atom. The predicted molar refractivity (Wildman–Crippen MR) is 109 cm³/mol. The van der Waals surface area contributed by atoms with Gasteiger partial charge in [0.2, 0.25) is 5.91 Å². The van der Waals surface area contributed by atoms with Crippen LogP contribution < -0.4 is 11.1 Å². The zero-order chi connectivity index (χ0) is 23.6. The Labute approximate surface area is 182 Å². The highest BCUT2D eigenvalue weighted by atomic mass is 19.4. The summed E-state index contributed by atoms with van der Waals surface area (Å²) in [4.78, 5) is 37.4. The number of nitrogen functional groups attached to an aromatic ring is 1. The fourth-order valence-electron chi connectivity index (χ4n) is 4.62. The topological polar surface area (TPSA) is 137 Å². The van der Waals surface area contributed by atoms with E-state index in [1.54, 1.807) is 18.2 Å². The van der Waals surface area contributed by atoms with Crippen molar-refractivity contribution in [2.45, 2.75) is 56.8 Å². The maximum atomic E-state index is 13.6. The SMILES string of the molecule is N=Cc1c(N)cccc1C[C@H]1C(=O)N(C(=O)N[C@@H](C2CCCCC2)C(F)(F)F)[C@@H]1C(=O)O. The summed E-state index contributed by atoms with van der Waals surface area (Å²) in [5.41, 5.74) is 6.84. The second kappa shape index (κ2) is 9.17. The van der Waals surface area contributed by atoms with Gasteiger partial charge in [-0.05, 0) is 36.8 Å². The molecule has 2 fully saturated rings. The highest BCUT2D eigenvalue weighted by Crippen LogP contribution is 2.36. The van der Waals surface area contributed by atoms with Crippen LogP contribution in [0.25, 0.3) is 0 Å². The van der Waals surface area contributed by atoms with Gasteiger partial charge >= 0.3 is 18.2 Å². The second-order valence-corrected chi connectivity index (χ2v) is 8.23. The Morgan fingerprint density at radius 3 is 2.50 bits per heavy atom. The molecule has 0 aromatic heterocycles. The second-order valence-electron chi connectivity index (χ2n) is 8.23. The molecule has 0 bridgehead atoms. The van der Waals surface area contributed by atoms with Crippen LogP contribution in [0, 0.1) is 17.2 Å². The molecular formula is C21H25F3N4O4. The van der Waals surface area contributed by atoms with Gasteiger partial charge in [-0.1, -0.05) is 31.4 Å². The van der Waals surface area contributed by atoms with E-state index in [2.05, 4.69) is 0 Å². The smallest absolute Gasteiger partial charge is 0.408 e. The number of anilines is 1. The first-order chi connectivity index (χ1) is 15.1.